The zero-order valence-corrected chi connectivity index (χ0v) is 7.16. The number of hydrogen-bond acceptors (Lipinski definition) is 2. The first-order chi connectivity index (χ1) is 4.81. The highest BCUT2D eigenvalue weighted by Crippen LogP contribution is 2.02. The molecule has 60 valence electrons. The van der Waals surface area contributed by atoms with Gasteiger partial charge in [0.1, 0.15) is 0 Å². The van der Waals surface area contributed by atoms with Gasteiger partial charge in [0.25, 0.3) is 0 Å². The molecule has 0 unspecified atom stereocenters. The zero-order valence-electron chi connectivity index (χ0n) is 5.65. The molecule has 0 bridgehead atoms. The number of hydrogen-bond donors (Lipinski definition) is 1. The minimum atomic E-state index is 0.380. The standard InChI is InChI=1S/C6H11Cl2NO/c7-4-6(8)5-10-3-1-2-9/h4H,1-3,5,9H2. The first kappa shape index (κ1) is 10.2. The van der Waals surface area contributed by atoms with E-state index in [0.717, 1.165) is 6.42 Å². The van der Waals surface area contributed by atoms with Gasteiger partial charge in [-0.25, -0.2) is 0 Å². The molecule has 0 aliphatic rings. The van der Waals surface area contributed by atoms with Crippen LogP contribution in [0.3, 0.4) is 0 Å². The van der Waals surface area contributed by atoms with Crippen LogP contribution in [0.5, 0.6) is 0 Å². The summed E-state index contributed by atoms with van der Waals surface area (Å²) in [5.41, 5.74) is 6.52. The average molecular weight is 184 g/mol. The summed E-state index contributed by atoms with van der Waals surface area (Å²) in [6.45, 7) is 1.66. The Morgan fingerprint density at radius 1 is 1.60 bits per heavy atom. The van der Waals surface area contributed by atoms with Gasteiger partial charge in [-0.1, -0.05) is 23.2 Å². The number of rotatable bonds is 5. The molecule has 0 fully saturated rings. The predicted octanol–water partition coefficient (Wildman–Crippen LogP) is 1.67. The summed E-state index contributed by atoms with van der Waals surface area (Å²) >= 11 is 10.8. The molecule has 4 heteroatoms. The van der Waals surface area contributed by atoms with Gasteiger partial charge in [0, 0.05) is 12.1 Å². The van der Waals surface area contributed by atoms with Gasteiger partial charge < -0.3 is 10.5 Å². The summed E-state index contributed by atoms with van der Waals surface area (Å²) < 4.78 is 5.06. The lowest BCUT2D eigenvalue weighted by Gasteiger charge is -1.99. The Kier molecular flexibility index (Phi) is 7.52. The lowest BCUT2D eigenvalue weighted by Crippen LogP contribution is -2.04. The summed E-state index contributed by atoms with van der Waals surface area (Å²) in [6.07, 6.45) is 0.854. The molecule has 0 radical (unpaired) electrons. The van der Waals surface area contributed by atoms with E-state index in [1.54, 1.807) is 0 Å². The lowest BCUT2D eigenvalue weighted by atomic mass is 10.5. The molecule has 0 rings (SSSR count). The molecule has 2 nitrogen and oxygen atoms in total. The molecule has 10 heavy (non-hydrogen) atoms. The Hall–Kier alpha value is 0.240. The molecule has 0 aromatic rings. The van der Waals surface area contributed by atoms with Crippen molar-refractivity contribution < 1.29 is 4.74 Å². The highest BCUT2D eigenvalue weighted by atomic mass is 35.5. The minimum Gasteiger partial charge on any atom is -0.376 e. The van der Waals surface area contributed by atoms with E-state index in [1.807, 2.05) is 0 Å². The van der Waals surface area contributed by atoms with Gasteiger partial charge in [-0.05, 0) is 13.0 Å². The Morgan fingerprint density at radius 3 is 2.80 bits per heavy atom. The predicted molar refractivity (Wildman–Crippen MR) is 44.3 cm³/mol. The molecule has 0 aliphatic carbocycles. The molecular weight excluding hydrogens is 173 g/mol. The molecule has 2 N–H and O–H groups in total. The maximum atomic E-state index is 5.52. The second kappa shape index (κ2) is 7.35. The van der Waals surface area contributed by atoms with Crippen LogP contribution in [0.25, 0.3) is 0 Å². The number of ether oxygens (including phenoxy) is 1. The fraction of sp³-hybridized carbons (Fsp3) is 0.667. The monoisotopic (exact) mass is 183 g/mol. The van der Waals surface area contributed by atoms with Gasteiger partial charge in [0.15, 0.2) is 0 Å². The van der Waals surface area contributed by atoms with Gasteiger partial charge in [-0.15, -0.1) is 0 Å². The van der Waals surface area contributed by atoms with E-state index < -0.39 is 0 Å². The van der Waals surface area contributed by atoms with Crippen molar-refractivity contribution >= 4 is 23.2 Å². The van der Waals surface area contributed by atoms with Crippen molar-refractivity contribution in [1.29, 1.82) is 0 Å². The summed E-state index contributed by atoms with van der Waals surface area (Å²) in [5.74, 6) is 0. The van der Waals surface area contributed by atoms with Crippen LogP contribution in [0, 0.1) is 0 Å². The SMILES string of the molecule is NCCCOCC(Cl)=CCl. The van der Waals surface area contributed by atoms with Crippen molar-refractivity contribution in [3.8, 4) is 0 Å². The van der Waals surface area contributed by atoms with Crippen molar-refractivity contribution in [3.63, 3.8) is 0 Å². The highest BCUT2D eigenvalue weighted by molar-refractivity contribution is 6.36. The third-order valence-electron chi connectivity index (χ3n) is 0.851. The zero-order chi connectivity index (χ0) is 7.82. The Bertz CT molecular complexity index is 106. The molecule has 0 heterocycles. The summed E-state index contributed by atoms with van der Waals surface area (Å²) in [4.78, 5) is 0. The third kappa shape index (κ3) is 6.36. The topological polar surface area (TPSA) is 35.2 Å². The second-order valence-electron chi connectivity index (χ2n) is 1.75. The van der Waals surface area contributed by atoms with Crippen molar-refractivity contribution in [1.82, 2.24) is 0 Å². The highest BCUT2D eigenvalue weighted by Gasteiger charge is 1.90. The fourth-order valence-corrected chi connectivity index (χ4v) is 0.527. The van der Waals surface area contributed by atoms with Crippen molar-refractivity contribution in [2.45, 2.75) is 6.42 Å². The molecule has 0 aliphatic heterocycles. The molecule has 0 saturated heterocycles. The van der Waals surface area contributed by atoms with Gasteiger partial charge in [-0.3, -0.25) is 0 Å². The first-order valence-electron chi connectivity index (χ1n) is 3.04. The quantitative estimate of drug-likeness (QED) is 0.659. The van der Waals surface area contributed by atoms with E-state index in [2.05, 4.69) is 0 Å². The average Bonchev–Trinajstić information content (AvgIpc) is 1.98. The molecule has 0 spiro atoms. The fourth-order valence-electron chi connectivity index (χ4n) is 0.387. The molecular formula is C6H11Cl2NO. The van der Waals surface area contributed by atoms with Gasteiger partial charge in [-0.2, -0.15) is 0 Å². The maximum Gasteiger partial charge on any atom is 0.0831 e. The van der Waals surface area contributed by atoms with E-state index in [0.29, 0.717) is 24.8 Å². The summed E-state index contributed by atoms with van der Waals surface area (Å²) in [6, 6.07) is 0. The first-order valence-corrected chi connectivity index (χ1v) is 3.85. The van der Waals surface area contributed by atoms with Crippen LogP contribution in [-0.2, 0) is 4.74 Å². The van der Waals surface area contributed by atoms with E-state index in [9.17, 15) is 0 Å². The van der Waals surface area contributed by atoms with Crippen LogP contribution < -0.4 is 5.73 Å². The van der Waals surface area contributed by atoms with Gasteiger partial charge in [0.2, 0.25) is 0 Å². The number of nitrogens with two attached hydrogens (primary N) is 1. The normalized spacial score (nSPS) is 12.1. The second-order valence-corrected chi connectivity index (χ2v) is 2.45. The maximum absolute atomic E-state index is 5.52. The van der Waals surface area contributed by atoms with Crippen LogP contribution in [0.4, 0.5) is 0 Å². The van der Waals surface area contributed by atoms with Gasteiger partial charge >= 0.3 is 0 Å². The van der Waals surface area contributed by atoms with Crippen LogP contribution in [0.2, 0.25) is 0 Å². The van der Waals surface area contributed by atoms with Crippen LogP contribution in [0.1, 0.15) is 6.42 Å². The molecule has 0 atom stereocenters. The molecule has 0 aromatic heterocycles. The lowest BCUT2D eigenvalue weighted by molar-refractivity contribution is 0.159. The smallest absolute Gasteiger partial charge is 0.0831 e. The number of halogens is 2. The van der Waals surface area contributed by atoms with E-state index in [-0.39, 0.29) is 0 Å². The van der Waals surface area contributed by atoms with Gasteiger partial charge in [0.05, 0.1) is 11.6 Å². The van der Waals surface area contributed by atoms with Crippen molar-refractivity contribution in [3.05, 3.63) is 10.6 Å². The Labute approximate surface area is 70.9 Å². The van der Waals surface area contributed by atoms with Crippen LogP contribution in [0.15, 0.2) is 10.6 Å². The van der Waals surface area contributed by atoms with E-state index in [1.165, 1.54) is 5.54 Å². The largest absolute Gasteiger partial charge is 0.376 e. The third-order valence-corrected chi connectivity index (χ3v) is 1.44. The van der Waals surface area contributed by atoms with Crippen molar-refractivity contribution in [2.24, 2.45) is 5.73 Å². The summed E-state index contributed by atoms with van der Waals surface area (Å²) in [7, 11) is 0. The molecule has 0 aromatic carbocycles. The van der Waals surface area contributed by atoms with Crippen molar-refractivity contribution in [2.75, 3.05) is 19.8 Å². The van der Waals surface area contributed by atoms with Crippen LogP contribution >= 0.6 is 23.2 Å². The Morgan fingerprint density at radius 2 is 2.30 bits per heavy atom. The summed E-state index contributed by atoms with van der Waals surface area (Å²) in [5, 5.41) is 0.513. The van der Waals surface area contributed by atoms with E-state index >= 15 is 0 Å². The molecule has 0 amide bonds. The molecule has 0 saturated carbocycles. The van der Waals surface area contributed by atoms with Crippen LogP contribution in [-0.4, -0.2) is 19.8 Å². The Balaban J connectivity index is 3.04. The van der Waals surface area contributed by atoms with E-state index in [4.69, 9.17) is 33.7 Å². The minimum absolute atomic E-state index is 0.380.